The minimum Gasteiger partial charge on any atom is -0.390 e. The van der Waals surface area contributed by atoms with Crippen LogP contribution in [0.3, 0.4) is 0 Å². The lowest BCUT2D eigenvalue weighted by Crippen LogP contribution is -2.45. The maximum atomic E-state index is 14.1. The van der Waals surface area contributed by atoms with Crippen LogP contribution in [0.15, 0.2) is 72.8 Å². The van der Waals surface area contributed by atoms with Gasteiger partial charge in [-0.2, -0.15) is 0 Å². The van der Waals surface area contributed by atoms with Crippen molar-refractivity contribution in [3.63, 3.8) is 0 Å². The summed E-state index contributed by atoms with van der Waals surface area (Å²) in [6, 6.07) is 23.9. The van der Waals surface area contributed by atoms with Gasteiger partial charge in [0.1, 0.15) is 0 Å². The van der Waals surface area contributed by atoms with Gasteiger partial charge >= 0.3 is 0 Å². The minimum atomic E-state index is -0.996. The molecule has 5 rings (SSSR count). The molecule has 2 heterocycles. The van der Waals surface area contributed by atoms with Gasteiger partial charge in [0, 0.05) is 21.5 Å². The van der Waals surface area contributed by atoms with Crippen molar-refractivity contribution in [2.45, 2.75) is 38.2 Å². The first-order valence-corrected chi connectivity index (χ1v) is 10.8. The predicted molar refractivity (Wildman–Crippen MR) is 127 cm³/mol. The fourth-order valence-corrected chi connectivity index (χ4v) is 5.37. The van der Waals surface area contributed by atoms with E-state index in [-0.39, 0.29) is 5.91 Å². The molecular formula is C27H24ClNO2. The van der Waals surface area contributed by atoms with Crippen molar-refractivity contribution in [1.82, 2.24) is 4.57 Å². The molecule has 0 amide bonds. The molecule has 1 aromatic heterocycles. The van der Waals surface area contributed by atoms with Crippen molar-refractivity contribution in [2.75, 3.05) is 0 Å². The van der Waals surface area contributed by atoms with E-state index in [9.17, 15) is 9.90 Å². The van der Waals surface area contributed by atoms with Crippen LogP contribution in [-0.2, 0) is 5.41 Å². The van der Waals surface area contributed by atoms with Crippen LogP contribution in [-0.4, -0.2) is 21.2 Å². The van der Waals surface area contributed by atoms with Crippen LogP contribution in [0.4, 0.5) is 0 Å². The second-order valence-corrected chi connectivity index (χ2v) is 9.70. The molecule has 31 heavy (non-hydrogen) atoms. The van der Waals surface area contributed by atoms with Crippen molar-refractivity contribution in [3.05, 3.63) is 83.4 Å². The van der Waals surface area contributed by atoms with Crippen molar-refractivity contribution in [2.24, 2.45) is 0 Å². The first-order chi connectivity index (χ1) is 14.7. The molecule has 0 fully saturated rings. The summed E-state index contributed by atoms with van der Waals surface area (Å²) in [6.07, 6.45) is 0.323. The summed E-state index contributed by atoms with van der Waals surface area (Å²) in [5.41, 5.74) is 3.87. The summed E-state index contributed by atoms with van der Waals surface area (Å²) in [6.45, 7) is 5.46. The van der Waals surface area contributed by atoms with Crippen LogP contribution >= 0.6 is 11.6 Å². The van der Waals surface area contributed by atoms with E-state index in [1.165, 1.54) is 0 Å². The van der Waals surface area contributed by atoms with Gasteiger partial charge in [0.05, 0.1) is 22.2 Å². The molecule has 0 aliphatic carbocycles. The number of benzene rings is 3. The summed E-state index contributed by atoms with van der Waals surface area (Å²) in [5.74, 6) is -0.0298. The number of fused-ring (bicyclic) bond motifs is 5. The fourth-order valence-electron chi connectivity index (χ4n) is 5.20. The van der Waals surface area contributed by atoms with Crippen molar-refractivity contribution < 1.29 is 9.90 Å². The number of aliphatic hydroxyl groups is 1. The average Bonchev–Trinajstić information content (AvgIpc) is 3.06. The Bertz CT molecular complexity index is 1330. The fraction of sp³-hybridized carbons (Fsp3) is 0.222. The molecule has 0 radical (unpaired) electrons. The molecule has 0 spiro atoms. The maximum absolute atomic E-state index is 14.1. The van der Waals surface area contributed by atoms with Crippen LogP contribution in [0.5, 0.6) is 0 Å². The van der Waals surface area contributed by atoms with Gasteiger partial charge in [-0.05, 0) is 56.5 Å². The van der Waals surface area contributed by atoms with Gasteiger partial charge in [-0.15, -0.1) is 0 Å². The number of carbonyl (C=O) groups is 1. The molecule has 3 nitrogen and oxygen atoms in total. The van der Waals surface area contributed by atoms with Crippen LogP contribution in [0.2, 0.25) is 5.02 Å². The molecule has 1 aliphatic rings. The zero-order valence-electron chi connectivity index (χ0n) is 17.8. The molecule has 1 atom stereocenters. The molecule has 0 saturated carbocycles. The smallest absolute Gasteiger partial charge is 0.242 e. The average molecular weight is 430 g/mol. The van der Waals surface area contributed by atoms with Crippen LogP contribution < -0.4 is 0 Å². The van der Waals surface area contributed by atoms with Crippen molar-refractivity contribution in [3.8, 4) is 22.4 Å². The number of carbonyl (C=O) groups excluding carboxylic acids is 1. The van der Waals surface area contributed by atoms with E-state index >= 15 is 0 Å². The third kappa shape index (κ3) is 3.03. The topological polar surface area (TPSA) is 42.2 Å². The SMILES string of the molecule is CC(C)(O)C[C@@]1(C)C(=O)n2c(c(-c3ccccc3)c3cc(Cl)ccc32)-c2ccccc21. The van der Waals surface area contributed by atoms with Crippen LogP contribution in [0.1, 0.15) is 37.6 Å². The quantitative estimate of drug-likeness (QED) is 0.393. The molecule has 0 bridgehead atoms. The number of nitrogens with zero attached hydrogens (tertiary/aromatic N) is 1. The highest BCUT2D eigenvalue weighted by Gasteiger charge is 2.47. The Morgan fingerprint density at radius 2 is 1.68 bits per heavy atom. The molecule has 4 aromatic rings. The van der Waals surface area contributed by atoms with Crippen molar-refractivity contribution in [1.29, 1.82) is 0 Å². The molecular weight excluding hydrogens is 406 g/mol. The van der Waals surface area contributed by atoms with E-state index in [1.54, 1.807) is 13.8 Å². The standard InChI is InChI=1S/C27H24ClNO2/c1-26(2,31)16-27(3)21-12-8-7-11-19(21)24-23(17-9-5-4-6-10-17)20-15-18(28)13-14-22(20)29(24)25(27)30/h4-15,31H,16H2,1-3H3/t27-/m1/s1. The molecule has 0 saturated heterocycles. The highest BCUT2D eigenvalue weighted by molar-refractivity contribution is 6.32. The molecule has 4 heteroatoms. The van der Waals surface area contributed by atoms with E-state index in [0.717, 1.165) is 38.9 Å². The largest absolute Gasteiger partial charge is 0.390 e. The Kier molecular flexibility index (Phi) is 4.40. The number of hydrogen-bond acceptors (Lipinski definition) is 2. The normalized spacial score (nSPS) is 18.2. The third-order valence-electron chi connectivity index (χ3n) is 6.23. The Morgan fingerprint density at radius 1 is 1.00 bits per heavy atom. The first-order valence-electron chi connectivity index (χ1n) is 10.5. The molecule has 3 aromatic carbocycles. The summed E-state index contributed by atoms with van der Waals surface area (Å²) in [7, 11) is 0. The van der Waals surface area contributed by atoms with Gasteiger partial charge in [0.25, 0.3) is 0 Å². The maximum Gasteiger partial charge on any atom is 0.242 e. The Morgan fingerprint density at radius 3 is 2.39 bits per heavy atom. The Balaban J connectivity index is 1.94. The number of hydrogen-bond donors (Lipinski definition) is 1. The monoisotopic (exact) mass is 429 g/mol. The number of rotatable bonds is 3. The lowest BCUT2D eigenvalue weighted by molar-refractivity contribution is 0.0378. The van der Waals surface area contributed by atoms with Crippen molar-refractivity contribution >= 4 is 28.4 Å². The lowest BCUT2D eigenvalue weighted by atomic mass is 9.70. The summed E-state index contributed by atoms with van der Waals surface area (Å²) < 4.78 is 1.84. The number of halogens is 1. The zero-order chi connectivity index (χ0) is 22.0. The van der Waals surface area contributed by atoms with Gasteiger partial charge < -0.3 is 5.11 Å². The van der Waals surface area contributed by atoms with E-state index in [0.29, 0.717) is 11.4 Å². The Labute approximate surface area is 186 Å². The van der Waals surface area contributed by atoms with E-state index in [4.69, 9.17) is 11.6 Å². The van der Waals surface area contributed by atoms with Crippen LogP contribution in [0, 0.1) is 0 Å². The van der Waals surface area contributed by atoms with E-state index in [1.807, 2.05) is 66.1 Å². The summed E-state index contributed by atoms with van der Waals surface area (Å²) in [5, 5.41) is 12.3. The molecule has 1 aliphatic heterocycles. The molecule has 156 valence electrons. The minimum absolute atomic E-state index is 0.0298. The zero-order valence-corrected chi connectivity index (χ0v) is 18.6. The highest BCUT2D eigenvalue weighted by atomic mass is 35.5. The van der Waals surface area contributed by atoms with Gasteiger partial charge in [0.2, 0.25) is 5.91 Å². The van der Waals surface area contributed by atoms with E-state index < -0.39 is 11.0 Å². The first kappa shape index (κ1) is 20.0. The number of aromatic nitrogens is 1. The van der Waals surface area contributed by atoms with Gasteiger partial charge in [-0.25, -0.2) is 0 Å². The second-order valence-electron chi connectivity index (χ2n) is 9.26. The van der Waals surface area contributed by atoms with Gasteiger partial charge in [0.15, 0.2) is 0 Å². The second kappa shape index (κ2) is 6.81. The summed E-state index contributed by atoms with van der Waals surface area (Å²) >= 11 is 6.39. The van der Waals surface area contributed by atoms with Gasteiger partial charge in [-0.1, -0.05) is 66.2 Å². The molecule has 1 N–H and O–H groups in total. The van der Waals surface area contributed by atoms with Crippen LogP contribution in [0.25, 0.3) is 33.3 Å². The Hall–Kier alpha value is -2.88. The van der Waals surface area contributed by atoms with E-state index in [2.05, 4.69) is 18.2 Å². The highest BCUT2D eigenvalue weighted by Crippen LogP contribution is 2.50. The molecule has 0 unspecified atom stereocenters. The van der Waals surface area contributed by atoms with Gasteiger partial charge in [-0.3, -0.25) is 9.36 Å². The third-order valence-corrected chi connectivity index (χ3v) is 6.46. The predicted octanol–water partition coefficient (Wildman–Crippen LogP) is 6.70. The summed E-state index contributed by atoms with van der Waals surface area (Å²) in [4.78, 5) is 14.1. The lowest BCUT2D eigenvalue weighted by Gasteiger charge is -2.39.